The summed E-state index contributed by atoms with van der Waals surface area (Å²) in [5, 5.41) is 2.79. The Labute approximate surface area is 164 Å². The maximum atomic E-state index is 12.2. The largest absolute Gasteiger partial charge is 0.483 e. The van der Waals surface area contributed by atoms with E-state index in [1.165, 1.54) is 0 Å². The van der Waals surface area contributed by atoms with Gasteiger partial charge in [0, 0.05) is 24.5 Å². The van der Waals surface area contributed by atoms with Gasteiger partial charge in [-0.05, 0) is 50.2 Å². The summed E-state index contributed by atoms with van der Waals surface area (Å²) in [6.07, 6.45) is 0.368. The molecule has 2 aromatic rings. The van der Waals surface area contributed by atoms with Gasteiger partial charge in [-0.25, -0.2) is 0 Å². The predicted octanol–water partition coefficient (Wildman–Crippen LogP) is 2.42. The molecule has 1 aliphatic heterocycles. The Morgan fingerprint density at radius 3 is 2.39 bits per heavy atom. The van der Waals surface area contributed by atoms with Gasteiger partial charge in [-0.15, -0.1) is 0 Å². The number of carbonyl (C=O) groups is 2. The Bertz CT molecular complexity index is 828. The Balaban J connectivity index is 1.56. The molecule has 2 atom stereocenters. The average Bonchev–Trinajstić information content (AvgIpc) is 2.66. The number of nitrogens with one attached hydrogen (secondary N) is 1. The molecule has 0 aliphatic carbocycles. The van der Waals surface area contributed by atoms with E-state index in [9.17, 15) is 9.59 Å². The zero-order valence-corrected chi connectivity index (χ0v) is 16.1. The highest BCUT2D eigenvalue weighted by atomic mass is 16.5. The summed E-state index contributed by atoms with van der Waals surface area (Å²) < 4.78 is 11.2. The molecule has 1 saturated heterocycles. The van der Waals surface area contributed by atoms with Crippen LogP contribution in [0.5, 0.6) is 5.75 Å². The first-order valence-corrected chi connectivity index (χ1v) is 9.24. The molecule has 0 radical (unpaired) electrons. The first kappa shape index (κ1) is 19.7. The number of anilines is 2. The van der Waals surface area contributed by atoms with Crippen LogP contribution in [0.2, 0.25) is 0 Å². The monoisotopic (exact) mass is 383 g/mol. The standard InChI is InChI=1S/C21H25N3O4/c1-14-11-24(12-15(2)28-14)17-9-7-16(8-10-17)23-20(25)13-27-19-6-4-3-5-18(19)21(22)26/h3-10,14-15H,11-13H2,1-2H3,(H2,22,26)(H,23,25). The highest BCUT2D eigenvalue weighted by molar-refractivity contribution is 5.96. The van der Waals surface area contributed by atoms with Gasteiger partial charge in [-0.1, -0.05) is 12.1 Å². The van der Waals surface area contributed by atoms with Crippen LogP contribution in [0.3, 0.4) is 0 Å². The molecule has 3 rings (SSSR count). The topological polar surface area (TPSA) is 93.9 Å². The first-order chi connectivity index (χ1) is 13.4. The third-order valence-corrected chi connectivity index (χ3v) is 4.45. The van der Waals surface area contributed by atoms with Gasteiger partial charge in [0.25, 0.3) is 11.8 Å². The van der Waals surface area contributed by atoms with Crippen LogP contribution in [0.4, 0.5) is 11.4 Å². The summed E-state index contributed by atoms with van der Waals surface area (Å²) in [5.41, 5.74) is 7.32. The lowest BCUT2D eigenvalue weighted by Crippen LogP contribution is -2.45. The Morgan fingerprint density at radius 1 is 1.11 bits per heavy atom. The number of benzene rings is 2. The van der Waals surface area contributed by atoms with Gasteiger partial charge in [-0.3, -0.25) is 9.59 Å². The van der Waals surface area contributed by atoms with Crippen LogP contribution in [0.25, 0.3) is 0 Å². The fourth-order valence-electron chi connectivity index (χ4n) is 3.28. The van der Waals surface area contributed by atoms with E-state index in [2.05, 4.69) is 24.1 Å². The first-order valence-electron chi connectivity index (χ1n) is 9.24. The molecule has 0 saturated carbocycles. The van der Waals surface area contributed by atoms with Gasteiger partial charge in [0.1, 0.15) is 5.75 Å². The summed E-state index contributed by atoms with van der Waals surface area (Å²) in [6.45, 7) is 5.58. The maximum absolute atomic E-state index is 12.2. The summed E-state index contributed by atoms with van der Waals surface area (Å²) in [4.78, 5) is 25.8. The van der Waals surface area contributed by atoms with Crippen LogP contribution in [-0.2, 0) is 9.53 Å². The number of nitrogens with two attached hydrogens (primary N) is 1. The lowest BCUT2D eigenvalue weighted by Gasteiger charge is -2.36. The van der Waals surface area contributed by atoms with Crippen molar-refractivity contribution in [3.05, 3.63) is 54.1 Å². The number of carbonyl (C=O) groups excluding carboxylic acids is 2. The minimum atomic E-state index is -0.599. The maximum Gasteiger partial charge on any atom is 0.262 e. The van der Waals surface area contributed by atoms with Crippen LogP contribution in [0, 0.1) is 0 Å². The molecule has 1 fully saturated rings. The van der Waals surface area contributed by atoms with Crippen molar-refractivity contribution in [3.63, 3.8) is 0 Å². The molecular weight excluding hydrogens is 358 g/mol. The SMILES string of the molecule is CC1CN(c2ccc(NC(=O)COc3ccccc3C(N)=O)cc2)CC(C)O1. The lowest BCUT2D eigenvalue weighted by atomic mass is 10.2. The van der Waals surface area contributed by atoms with Gasteiger partial charge in [0.05, 0.1) is 17.8 Å². The molecule has 7 nitrogen and oxygen atoms in total. The predicted molar refractivity (Wildman–Crippen MR) is 108 cm³/mol. The van der Waals surface area contributed by atoms with Crippen LogP contribution in [-0.4, -0.2) is 43.7 Å². The van der Waals surface area contributed by atoms with E-state index in [4.69, 9.17) is 15.2 Å². The van der Waals surface area contributed by atoms with Crippen LogP contribution < -0.4 is 20.7 Å². The second-order valence-corrected chi connectivity index (χ2v) is 6.91. The minimum Gasteiger partial charge on any atom is -0.483 e. The molecule has 0 bridgehead atoms. The van der Waals surface area contributed by atoms with Crippen LogP contribution >= 0.6 is 0 Å². The Hall–Kier alpha value is -3.06. The number of para-hydroxylation sites is 1. The number of nitrogens with zero attached hydrogens (tertiary/aromatic N) is 1. The van der Waals surface area contributed by atoms with Crippen molar-refractivity contribution in [1.29, 1.82) is 0 Å². The van der Waals surface area contributed by atoms with E-state index in [0.717, 1.165) is 18.8 Å². The van der Waals surface area contributed by atoms with E-state index in [0.29, 0.717) is 5.69 Å². The highest BCUT2D eigenvalue weighted by Crippen LogP contribution is 2.22. The number of primary amides is 1. The number of amides is 2. The van der Waals surface area contributed by atoms with Gasteiger partial charge in [0.2, 0.25) is 0 Å². The molecule has 1 heterocycles. The van der Waals surface area contributed by atoms with Gasteiger partial charge < -0.3 is 25.4 Å². The van der Waals surface area contributed by atoms with E-state index in [-0.39, 0.29) is 36.0 Å². The van der Waals surface area contributed by atoms with Crippen LogP contribution in [0.1, 0.15) is 24.2 Å². The molecular formula is C21H25N3O4. The molecule has 2 amide bonds. The van der Waals surface area contributed by atoms with E-state index < -0.39 is 5.91 Å². The highest BCUT2D eigenvalue weighted by Gasteiger charge is 2.22. The lowest BCUT2D eigenvalue weighted by molar-refractivity contribution is -0.118. The molecule has 1 aliphatic rings. The third kappa shape index (κ3) is 5.01. The van der Waals surface area contributed by atoms with E-state index in [1.807, 2.05) is 24.3 Å². The quantitative estimate of drug-likeness (QED) is 0.799. The number of rotatable bonds is 6. The van der Waals surface area contributed by atoms with Crippen molar-refractivity contribution in [1.82, 2.24) is 0 Å². The number of ether oxygens (including phenoxy) is 2. The zero-order valence-electron chi connectivity index (χ0n) is 16.1. The molecule has 2 unspecified atom stereocenters. The van der Waals surface area contributed by atoms with Gasteiger partial charge >= 0.3 is 0 Å². The summed E-state index contributed by atoms with van der Waals surface area (Å²) >= 11 is 0. The van der Waals surface area contributed by atoms with Crippen molar-refractivity contribution in [2.45, 2.75) is 26.1 Å². The van der Waals surface area contributed by atoms with Crippen LogP contribution in [0.15, 0.2) is 48.5 Å². The van der Waals surface area contributed by atoms with Crippen molar-refractivity contribution in [2.24, 2.45) is 5.73 Å². The number of hydrogen-bond donors (Lipinski definition) is 2. The minimum absolute atomic E-state index is 0.184. The molecule has 2 aromatic carbocycles. The summed E-state index contributed by atoms with van der Waals surface area (Å²) in [6, 6.07) is 14.2. The van der Waals surface area contributed by atoms with Crippen molar-refractivity contribution >= 4 is 23.2 Å². The Morgan fingerprint density at radius 2 is 1.75 bits per heavy atom. The molecule has 148 valence electrons. The molecule has 0 aromatic heterocycles. The number of hydrogen-bond acceptors (Lipinski definition) is 5. The summed E-state index contributed by atoms with van der Waals surface area (Å²) in [7, 11) is 0. The smallest absolute Gasteiger partial charge is 0.262 e. The molecule has 0 spiro atoms. The zero-order chi connectivity index (χ0) is 20.1. The molecule has 28 heavy (non-hydrogen) atoms. The van der Waals surface area contributed by atoms with Gasteiger partial charge in [0.15, 0.2) is 6.61 Å². The molecule has 7 heteroatoms. The van der Waals surface area contributed by atoms with Crippen molar-refractivity contribution in [3.8, 4) is 5.75 Å². The van der Waals surface area contributed by atoms with Gasteiger partial charge in [-0.2, -0.15) is 0 Å². The molecule has 3 N–H and O–H groups in total. The van der Waals surface area contributed by atoms with E-state index >= 15 is 0 Å². The van der Waals surface area contributed by atoms with Crippen molar-refractivity contribution in [2.75, 3.05) is 29.9 Å². The third-order valence-electron chi connectivity index (χ3n) is 4.45. The summed E-state index contributed by atoms with van der Waals surface area (Å²) in [5.74, 6) is -0.630. The van der Waals surface area contributed by atoms with Crippen molar-refractivity contribution < 1.29 is 19.1 Å². The second-order valence-electron chi connectivity index (χ2n) is 6.91. The van der Waals surface area contributed by atoms with E-state index in [1.54, 1.807) is 24.3 Å². The fourth-order valence-corrected chi connectivity index (χ4v) is 3.28. The normalized spacial score (nSPS) is 19.1. The number of morpholine rings is 1. The average molecular weight is 383 g/mol. The second kappa shape index (κ2) is 8.75. The fraction of sp³-hybridized carbons (Fsp3) is 0.333. The Kier molecular flexibility index (Phi) is 6.16.